The molecule has 1 atom stereocenters. The maximum Gasteiger partial charge on any atom is 0.303 e. The Morgan fingerprint density at radius 1 is 1.25 bits per heavy atom. The topological polar surface area (TPSA) is 75.6 Å². The maximum atomic E-state index is 12.1. The van der Waals surface area contributed by atoms with E-state index in [-0.39, 0.29) is 23.8 Å². The predicted octanol–water partition coefficient (Wildman–Crippen LogP) is 2.34. The molecule has 0 aromatic rings. The molecule has 0 aromatic carbocycles. The molecule has 1 unspecified atom stereocenters. The van der Waals surface area contributed by atoms with E-state index in [9.17, 15) is 9.59 Å². The molecule has 1 rings (SSSR count). The van der Waals surface area contributed by atoms with Crippen LogP contribution in [0.15, 0.2) is 0 Å². The quantitative estimate of drug-likeness (QED) is 0.717. The average Bonchev–Trinajstić information content (AvgIpc) is 2.35. The summed E-state index contributed by atoms with van der Waals surface area (Å²) in [6.45, 7) is 4.94. The van der Waals surface area contributed by atoms with E-state index in [4.69, 9.17) is 9.84 Å². The molecule has 5 nitrogen and oxygen atoms in total. The zero-order valence-electron chi connectivity index (χ0n) is 12.6. The smallest absolute Gasteiger partial charge is 0.303 e. The van der Waals surface area contributed by atoms with Gasteiger partial charge in [-0.2, -0.15) is 0 Å². The molecule has 0 aliphatic heterocycles. The van der Waals surface area contributed by atoms with Crippen LogP contribution in [0.3, 0.4) is 0 Å². The highest BCUT2D eigenvalue weighted by atomic mass is 16.5. The van der Waals surface area contributed by atoms with Gasteiger partial charge in [0.1, 0.15) is 0 Å². The van der Waals surface area contributed by atoms with Crippen molar-refractivity contribution in [2.45, 2.75) is 64.8 Å². The molecule has 2 N–H and O–H groups in total. The Kier molecular flexibility index (Phi) is 6.99. The van der Waals surface area contributed by atoms with E-state index < -0.39 is 5.97 Å². The molecule has 0 heterocycles. The number of carbonyl (C=O) groups excluding carboxylic acids is 1. The first kappa shape index (κ1) is 17.0. The van der Waals surface area contributed by atoms with Gasteiger partial charge in [-0.1, -0.05) is 19.3 Å². The van der Waals surface area contributed by atoms with Crippen LogP contribution in [0.5, 0.6) is 0 Å². The number of amides is 1. The Morgan fingerprint density at radius 3 is 2.45 bits per heavy atom. The second-order valence-corrected chi connectivity index (χ2v) is 5.94. The van der Waals surface area contributed by atoms with Gasteiger partial charge in [0.15, 0.2) is 0 Å². The van der Waals surface area contributed by atoms with E-state index in [1.54, 1.807) is 0 Å². The molecule has 0 spiro atoms. The number of rotatable bonds is 8. The number of carboxylic acids is 1. The van der Waals surface area contributed by atoms with Crippen LogP contribution in [0.25, 0.3) is 0 Å². The van der Waals surface area contributed by atoms with E-state index in [1.165, 1.54) is 0 Å². The van der Waals surface area contributed by atoms with Crippen LogP contribution in [-0.2, 0) is 14.3 Å². The Hall–Kier alpha value is -1.10. The second kappa shape index (κ2) is 8.25. The standard InChI is InChI=1S/C15H27NO4/c1-3-20-11-12(2)16-13(17)9-15(10-14(18)19)7-5-4-6-8-15/h12H,3-11H2,1-2H3,(H,16,17)(H,18,19). The first-order valence-corrected chi connectivity index (χ1v) is 7.56. The molecule has 1 amide bonds. The molecule has 5 heteroatoms. The minimum absolute atomic E-state index is 0.0343. The molecule has 116 valence electrons. The molecular formula is C15H27NO4. The Morgan fingerprint density at radius 2 is 1.90 bits per heavy atom. The highest BCUT2D eigenvalue weighted by Gasteiger charge is 2.36. The summed E-state index contributed by atoms with van der Waals surface area (Å²) in [6.07, 6.45) is 5.28. The van der Waals surface area contributed by atoms with Crippen LogP contribution >= 0.6 is 0 Å². The number of hydrogen-bond acceptors (Lipinski definition) is 3. The second-order valence-electron chi connectivity index (χ2n) is 5.94. The summed E-state index contributed by atoms with van der Waals surface area (Å²) >= 11 is 0. The molecule has 1 saturated carbocycles. The highest BCUT2D eigenvalue weighted by Crippen LogP contribution is 2.42. The Labute approximate surface area is 121 Å². The molecule has 0 saturated heterocycles. The summed E-state index contributed by atoms with van der Waals surface area (Å²) in [5.41, 5.74) is -0.348. The fourth-order valence-corrected chi connectivity index (χ4v) is 3.04. The van der Waals surface area contributed by atoms with Gasteiger partial charge >= 0.3 is 5.97 Å². The largest absolute Gasteiger partial charge is 0.481 e. The fourth-order valence-electron chi connectivity index (χ4n) is 3.04. The van der Waals surface area contributed by atoms with E-state index in [2.05, 4.69) is 5.32 Å². The highest BCUT2D eigenvalue weighted by molar-refractivity contribution is 5.78. The average molecular weight is 285 g/mol. The van der Waals surface area contributed by atoms with Gasteiger partial charge in [-0.25, -0.2) is 0 Å². The Bertz CT molecular complexity index is 324. The lowest BCUT2D eigenvalue weighted by atomic mass is 9.69. The predicted molar refractivity (Wildman–Crippen MR) is 76.5 cm³/mol. The minimum Gasteiger partial charge on any atom is -0.481 e. The van der Waals surface area contributed by atoms with Crippen molar-refractivity contribution in [3.63, 3.8) is 0 Å². The zero-order chi connectivity index (χ0) is 15.0. The molecule has 0 bridgehead atoms. The van der Waals surface area contributed by atoms with Crippen LogP contribution in [0.4, 0.5) is 0 Å². The number of carbonyl (C=O) groups is 2. The first-order chi connectivity index (χ1) is 9.47. The van der Waals surface area contributed by atoms with Crippen LogP contribution in [0.2, 0.25) is 0 Å². The van der Waals surface area contributed by atoms with Gasteiger partial charge in [0.2, 0.25) is 5.91 Å². The summed E-state index contributed by atoms with van der Waals surface area (Å²) in [5, 5.41) is 12.0. The number of ether oxygens (including phenoxy) is 1. The van der Waals surface area contributed by atoms with Gasteiger partial charge < -0.3 is 15.2 Å². The van der Waals surface area contributed by atoms with Crippen molar-refractivity contribution in [1.29, 1.82) is 0 Å². The van der Waals surface area contributed by atoms with Crippen molar-refractivity contribution >= 4 is 11.9 Å². The van der Waals surface area contributed by atoms with Crippen LogP contribution in [-0.4, -0.2) is 36.2 Å². The van der Waals surface area contributed by atoms with E-state index in [1.807, 2.05) is 13.8 Å². The van der Waals surface area contributed by atoms with Gasteiger partial charge in [-0.15, -0.1) is 0 Å². The number of carboxylic acid groups (broad SMARTS) is 1. The van der Waals surface area contributed by atoms with Crippen molar-refractivity contribution in [2.24, 2.45) is 5.41 Å². The zero-order valence-corrected chi connectivity index (χ0v) is 12.6. The summed E-state index contributed by atoms with van der Waals surface area (Å²) in [6, 6.07) is -0.0343. The van der Waals surface area contributed by atoms with Crippen molar-refractivity contribution in [2.75, 3.05) is 13.2 Å². The molecular weight excluding hydrogens is 258 g/mol. The van der Waals surface area contributed by atoms with Gasteiger partial charge in [0.05, 0.1) is 13.0 Å². The van der Waals surface area contributed by atoms with Crippen LogP contribution in [0, 0.1) is 5.41 Å². The molecule has 1 fully saturated rings. The van der Waals surface area contributed by atoms with Gasteiger partial charge in [-0.05, 0) is 32.1 Å². The van der Waals surface area contributed by atoms with Crippen molar-refractivity contribution in [3.8, 4) is 0 Å². The Balaban J connectivity index is 2.51. The molecule has 20 heavy (non-hydrogen) atoms. The van der Waals surface area contributed by atoms with Crippen LogP contribution in [0.1, 0.15) is 58.8 Å². The van der Waals surface area contributed by atoms with Crippen molar-refractivity contribution < 1.29 is 19.4 Å². The lowest BCUT2D eigenvalue weighted by Crippen LogP contribution is -2.40. The first-order valence-electron chi connectivity index (χ1n) is 7.56. The lowest BCUT2D eigenvalue weighted by Gasteiger charge is -2.35. The van der Waals surface area contributed by atoms with E-state index >= 15 is 0 Å². The molecule has 1 aliphatic rings. The molecule has 1 aliphatic carbocycles. The third-order valence-electron chi connectivity index (χ3n) is 3.96. The van der Waals surface area contributed by atoms with Gasteiger partial charge in [0.25, 0.3) is 0 Å². The summed E-state index contributed by atoms with van der Waals surface area (Å²) < 4.78 is 5.27. The third kappa shape index (κ3) is 5.90. The molecule has 0 aromatic heterocycles. The monoisotopic (exact) mass is 285 g/mol. The minimum atomic E-state index is -0.804. The number of hydrogen-bond donors (Lipinski definition) is 2. The SMILES string of the molecule is CCOCC(C)NC(=O)CC1(CC(=O)O)CCCCC1. The van der Waals surface area contributed by atoms with Crippen molar-refractivity contribution in [1.82, 2.24) is 5.32 Å². The van der Waals surface area contributed by atoms with E-state index in [0.29, 0.717) is 19.6 Å². The lowest BCUT2D eigenvalue weighted by molar-refractivity contribution is -0.141. The van der Waals surface area contributed by atoms with Crippen LogP contribution < -0.4 is 5.32 Å². The van der Waals surface area contributed by atoms with E-state index in [0.717, 1.165) is 32.1 Å². The third-order valence-corrected chi connectivity index (χ3v) is 3.96. The van der Waals surface area contributed by atoms with Gasteiger partial charge in [-0.3, -0.25) is 9.59 Å². The summed E-state index contributed by atoms with van der Waals surface area (Å²) in [7, 11) is 0. The summed E-state index contributed by atoms with van der Waals surface area (Å²) in [5.74, 6) is -0.859. The normalized spacial score (nSPS) is 19.3. The number of nitrogens with one attached hydrogen (secondary N) is 1. The number of aliphatic carboxylic acids is 1. The molecule has 0 radical (unpaired) electrons. The fraction of sp³-hybridized carbons (Fsp3) is 0.867. The summed E-state index contributed by atoms with van der Waals surface area (Å²) in [4.78, 5) is 23.2. The maximum absolute atomic E-state index is 12.1. The van der Waals surface area contributed by atoms with Gasteiger partial charge in [0, 0.05) is 19.1 Å². The van der Waals surface area contributed by atoms with Crippen molar-refractivity contribution in [3.05, 3.63) is 0 Å².